The van der Waals surface area contributed by atoms with E-state index in [4.69, 9.17) is 10.0 Å². The summed E-state index contributed by atoms with van der Waals surface area (Å²) < 4.78 is 0. The largest absolute Gasteiger partial charge is 0.507 e. The van der Waals surface area contributed by atoms with Gasteiger partial charge in [-0.15, -0.1) is 0 Å². The number of hydrogen-bond donors (Lipinski definition) is 3. The maximum absolute atomic E-state index is 8.85. The van der Waals surface area contributed by atoms with Crippen molar-refractivity contribution in [2.45, 2.75) is 18.8 Å². The molecule has 0 spiro atoms. The topological polar surface area (TPSA) is 69.1 Å². The minimum atomic E-state index is -1.41. The van der Waals surface area contributed by atoms with Gasteiger partial charge in [0.2, 0.25) is 0 Å². The smallest absolute Gasteiger partial charge is 0.422 e. The van der Waals surface area contributed by atoms with Crippen LogP contribution >= 0.6 is 0 Å². The van der Waals surface area contributed by atoms with E-state index in [2.05, 4.69) is 10.2 Å². The number of nitrogens with zero attached hydrogens (tertiary/aromatic N) is 1. The summed E-state index contributed by atoms with van der Waals surface area (Å²) in [5, 5.41) is 24.0. The van der Waals surface area contributed by atoms with Crippen LogP contribution in [0.5, 0.6) is 0 Å². The van der Waals surface area contributed by atoms with E-state index in [0.717, 1.165) is 18.4 Å². The minimum Gasteiger partial charge on any atom is -0.422 e. The first-order chi connectivity index (χ1) is 5.29. The van der Waals surface area contributed by atoms with E-state index in [9.17, 15) is 0 Å². The molecular formula is C6H9BN2O2. The average molecular weight is 152 g/mol. The van der Waals surface area contributed by atoms with Gasteiger partial charge in [0.1, 0.15) is 0 Å². The Labute approximate surface area is 64.4 Å². The van der Waals surface area contributed by atoms with E-state index < -0.39 is 7.12 Å². The number of aromatic amines is 1. The second-order valence-corrected chi connectivity index (χ2v) is 2.89. The first kappa shape index (κ1) is 6.88. The third-order valence-corrected chi connectivity index (χ3v) is 1.98. The highest BCUT2D eigenvalue weighted by atomic mass is 16.4. The molecule has 1 saturated carbocycles. The number of H-pyrrole nitrogens is 1. The molecule has 0 bridgehead atoms. The van der Waals surface area contributed by atoms with E-state index in [1.165, 1.54) is 0 Å². The summed E-state index contributed by atoms with van der Waals surface area (Å²) in [6, 6.07) is 0. The van der Waals surface area contributed by atoms with Gasteiger partial charge in [0.15, 0.2) is 0 Å². The summed E-state index contributed by atoms with van der Waals surface area (Å²) in [6.45, 7) is 0. The lowest BCUT2D eigenvalue weighted by atomic mass is 9.82. The second-order valence-electron chi connectivity index (χ2n) is 2.89. The molecule has 1 heterocycles. The van der Waals surface area contributed by atoms with Crippen molar-refractivity contribution in [1.82, 2.24) is 10.2 Å². The van der Waals surface area contributed by atoms with Crippen molar-refractivity contribution in [3.8, 4) is 0 Å². The molecule has 1 aromatic rings. The lowest BCUT2D eigenvalue weighted by Crippen LogP contribution is -2.33. The Morgan fingerprint density at radius 3 is 2.82 bits per heavy atom. The molecule has 1 aliphatic carbocycles. The predicted molar refractivity (Wildman–Crippen MR) is 40.4 cm³/mol. The first-order valence-corrected chi connectivity index (χ1v) is 3.68. The molecule has 11 heavy (non-hydrogen) atoms. The van der Waals surface area contributed by atoms with Crippen LogP contribution in [0.1, 0.15) is 24.3 Å². The third-order valence-electron chi connectivity index (χ3n) is 1.98. The van der Waals surface area contributed by atoms with Gasteiger partial charge in [-0.05, 0) is 24.3 Å². The molecule has 1 aromatic heterocycles. The molecule has 0 unspecified atom stereocenters. The third kappa shape index (κ3) is 1.17. The Balaban J connectivity index is 2.30. The molecule has 0 saturated heterocycles. The van der Waals surface area contributed by atoms with Gasteiger partial charge in [0, 0.05) is 0 Å². The van der Waals surface area contributed by atoms with Crippen LogP contribution in [-0.2, 0) is 0 Å². The Hall–Kier alpha value is -0.805. The zero-order valence-corrected chi connectivity index (χ0v) is 5.99. The van der Waals surface area contributed by atoms with Crippen LogP contribution in [0, 0.1) is 0 Å². The summed E-state index contributed by atoms with van der Waals surface area (Å²) in [4.78, 5) is 0. The Bertz CT molecular complexity index is 240. The summed E-state index contributed by atoms with van der Waals surface area (Å²) in [7, 11) is -1.41. The molecule has 4 nitrogen and oxygen atoms in total. The van der Waals surface area contributed by atoms with Crippen molar-refractivity contribution < 1.29 is 10.0 Å². The van der Waals surface area contributed by atoms with Gasteiger partial charge >= 0.3 is 7.12 Å². The zero-order valence-electron chi connectivity index (χ0n) is 5.99. The van der Waals surface area contributed by atoms with E-state index in [0.29, 0.717) is 11.5 Å². The molecule has 58 valence electrons. The highest BCUT2D eigenvalue weighted by Crippen LogP contribution is 2.38. The Morgan fingerprint density at radius 1 is 1.55 bits per heavy atom. The lowest BCUT2D eigenvalue weighted by Gasteiger charge is -1.97. The van der Waals surface area contributed by atoms with Crippen molar-refractivity contribution >= 4 is 12.7 Å². The molecule has 0 aliphatic heterocycles. The monoisotopic (exact) mass is 152 g/mol. The highest BCUT2D eigenvalue weighted by Gasteiger charge is 2.30. The summed E-state index contributed by atoms with van der Waals surface area (Å²) in [5.41, 5.74) is 1.41. The fraction of sp³-hybridized carbons (Fsp3) is 0.500. The molecule has 2 rings (SSSR count). The second kappa shape index (κ2) is 2.35. The zero-order chi connectivity index (χ0) is 7.84. The number of hydrogen-bond acceptors (Lipinski definition) is 3. The molecular weight excluding hydrogens is 143 g/mol. The highest BCUT2D eigenvalue weighted by molar-refractivity contribution is 6.58. The van der Waals surface area contributed by atoms with Crippen molar-refractivity contribution in [3.05, 3.63) is 11.8 Å². The first-order valence-electron chi connectivity index (χ1n) is 3.68. The van der Waals surface area contributed by atoms with Crippen LogP contribution in [0.2, 0.25) is 0 Å². The van der Waals surface area contributed by atoms with E-state index >= 15 is 0 Å². The predicted octanol–water partition coefficient (Wildman–Crippen LogP) is -1.03. The minimum absolute atomic E-state index is 0.451. The quantitative estimate of drug-likeness (QED) is 0.474. The Kier molecular flexibility index (Phi) is 1.47. The normalized spacial score (nSPS) is 16.9. The van der Waals surface area contributed by atoms with Gasteiger partial charge in [-0.25, -0.2) is 0 Å². The Morgan fingerprint density at radius 2 is 2.27 bits per heavy atom. The van der Waals surface area contributed by atoms with E-state index in [-0.39, 0.29) is 0 Å². The van der Waals surface area contributed by atoms with E-state index in [1.807, 2.05) is 0 Å². The van der Waals surface area contributed by atoms with Crippen LogP contribution in [0.3, 0.4) is 0 Å². The maximum atomic E-state index is 8.85. The molecule has 1 aliphatic rings. The van der Waals surface area contributed by atoms with Gasteiger partial charge in [0.05, 0.1) is 11.8 Å². The van der Waals surface area contributed by atoms with Crippen LogP contribution in [0.4, 0.5) is 0 Å². The molecule has 0 atom stereocenters. The van der Waals surface area contributed by atoms with Crippen LogP contribution in [-0.4, -0.2) is 27.4 Å². The van der Waals surface area contributed by atoms with Gasteiger partial charge < -0.3 is 10.0 Å². The van der Waals surface area contributed by atoms with Gasteiger partial charge in [-0.3, -0.25) is 5.10 Å². The van der Waals surface area contributed by atoms with Gasteiger partial charge in [-0.1, -0.05) is 0 Å². The molecule has 3 N–H and O–H groups in total. The summed E-state index contributed by atoms with van der Waals surface area (Å²) in [5.74, 6) is 0.505. The van der Waals surface area contributed by atoms with Crippen molar-refractivity contribution in [2.24, 2.45) is 0 Å². The lowest BCUT2D eigenvalue weighted by molar-refractivity contribution is 0.423. The van der Waals surface area contributed by atoms with E-state index in [1.54, 1.807) is 6.20 Å². The molecule has 5 heteroatoms. The van der Waals surface area contributed by atoms with Gasteiger partial charge in [0.25, 0.3) is 0 Å². The maximum Gasteiger partial charge on any atom is 0.507 e. The average Bonchev–Trinajstić information content (AvgIpc) is 2.68. The van der Waals surface area contributed by atoms with Crippen molar-refractivity contribution in [3.63, 3.8) is 0 Å². The molecule has 0 radical (unpaired) electrons. The van der Waals surface area contributed by atoms with Crippen LogP contribution in [0.15, 0.2) is 6.20 Å². The standard InChI is InChI=1S/C6H9BN2O2/c10-7(11)6-5(3-8-9-6)4-1-2-4/h3-4,10-11H,1-2H2,(H,8,9). The van der Waals surface area contributed by atoms with Gasteiger partial charge in [-0.2, -0.15) is 5.10 Å². The van der Waals surface area contributed by atoms with Crippen molar-refractivity contribution in [2.75, 3.05) is 0 Å². The fourth-order valence-electron chi connectivity index (χ4n) is 1.23. The number of nitrogens with one attached hydrogen (secondary N) is 1. The molecule has 0 amide bonds. The molecule has 0 aromatic carbocycles. The molecule has 1 fully saturated rings. The van der Waals surface area contributed by atoms with Crippen LogP contribution in [0.25, 0.3) is 0 Å². The fourth-order valence-corrected chi connectivity index (χ4v) is 1.23. The SMILES string of the molecule is OB(O)c1[nH]ncc1C1CC1. The number of rotatable bonds is 2. The summed E-state index contributed by atoms with van der Waals surface area (Å²) >= 11 is 0. The summed E-state index contributed by atoms with van der Waals surface area (Å²) in [6.07, 6.45) is 3.95. The van der Waals surface area contributed by atoms with Crippen LogP contribution < -0.4 is 5.59 Å². The number of aromatic nitrogens is 2. The van der Waals surface area contributed by atoms with Crippen molar-refractivity contribution in [1.29, 1.82) is 0 Å².